The van der Waals surface area contributed by atoms with Crippen LogP contribution in [0.3, 0.4) is 0 Å². The van der Waals surface area contributed by atoms with E-state index in [1.54, 1.807) is 27.7 Å². The summed E-state index contributed by atoms with van der Waals surface area (Å²) in [7, 11) is -3.65. The summed E-state index contributed by atoms with van der Waals surface area (Å²) in [6.45, 7) is 7.03. The first-order valence-electron chi connectivity index (χ1n) is 9.28. The molecule has 1 saturated carbocycles. The zero-order chi connectivity index (χ0) is 20.6. The molecule has 0 saturated heterocycles. The SMILES string of the molecule is Cc1nc(C2(NC(=O)c3ccc(S(=O)(=O)NC(C)(C)C)cc3)CCCC2)no1. The van der Waals surface area contributed by atoms with E-state index in [9.17, 15) is 13.2 Å². The Balaban J connectivity index is 1.79. The molecule has 0 unspecified atom stereocenters. The van der Waals surface area contributed by atoms with E-state index in [4.69, 9.17) is 4.52 Å². The maximum absolute atomic E-state index is 12.8. The number of sulfonamides is 1. The number of nitrogens with one attached hydrogen (secondary N) is 2. The molecule has 0 atom stereocenters. The normalized spacial score (nSPS) is 16.9. The highest BCUT2D eigenvalue weighted by Gasteiger charge is 2.41. The van der Waals surface area contributed by atoms with Crippen LogP contribution in [0.4, 0.5) is 0 Å². The van der Waals surface area contributed by atoms with Crippen LogP contribution in [0, 0.1) is 6.92 Å². The summed E-state index contributed by atoms with van der Waals surface area (Å²) in [6.07, 6.45) is 3.40. The Bertz CT molecular complexity index is 953. The molecule has 1 heterocycles. The van der Waals surface area contributed by atoms with Gasteiger partial charge in [-0.3, -0.25) is 4.79 Å². The fourth-order valence-electron chi connectivity index (χ4n) is 3.41. The molecule has 1 aliphatic carbocycles. The van der Waals surface area contributed by atoms with Crippen molar-refractivity contribution in [1.82, 2.24) is 20.2 Å². The van der Waals surface area contributed by atoms with Crippen LogP contribution in [0.5, 0.6) is 0 Å². The van der Waals surface area contributed by atoms with Gasteiger partial charge >= 0.3 is 0 Å². The Kier molecular flexibility index (Phi) is 5.33. The van der Waals surface area contributed by atoms with E-state index in [1.807, 2.05) is 0 Å². The highest BCUT2D eigenvalue weighted by atomic mass is 32.2. The van der Waals surface area contributed by atoms with E-state index in [-0.39, 0.29) is 10.8 Å². The van der Waals surface area contributed by atoms with Crippen molar-refractivity contribution in [2.75, 3.05) is 0 Å². The average molecular weight is 407 g/mol. The zero-order valence-electron chi connectivity index (χ0n) is 16.6. The molecule has 1 fully saturated rings. The first-order valence-corrected chi connectivity index (χ1v) is 10.8. The smallest absolute Gasteiger partial charge is 0.252 e. The number of aromatic nitrogens is 2. The van der Waals surface area contributed by atoms with Gasteiger partial charge < -0.3 is 9.84 Å². The molecule has 0 radical (unpaired) electrons. The van der Waals surface area contributed by atoms with Gasteiger partial charge in [-0.1, -0.05) is 18.0 Å². The molecular weight excluding hydrogens is 380 g/mol. The van der Waals surface area contributed by atoms with Crippen molar-refractivity contribution in [3.05, 3.63) is 41.5 Å². The predicted molar refractivity (Wildman–Crippen MR) is 103 cm³/mol. The molecule has 0 spiro atoms. The Morgan fingerprint density at radius 1 is 1.14 bits per heavy atom. The van der Waals surface area contributed by atoms with E-state index >= 15 is 0 Å². The standard InChI is InChI=1S/C19H26N4O4S/c1-13-20-17(22-27-13)19(11-5-6-12-19)21-16(24)14-7-9-15(10-8-14)28(25,26)23-18(2,3)4/h7-10,23H,5-6,11-12H2,1-4H3,(H,21,24). The number of aryl methyl sites for hydroxylation is 1. The lowest BCUT2D eigenvalue weighted by Crippen LogP contribution is -2.44. The largest absolute Gasteiger partial charge is 0.340 e. The third-order valence-electron chi connectivity index (χ3n) is 4.63. The molecule has 1 aromatic heterocycles. The lowest BCUT2D eigenvalue weighted by Gasteiger charge is -2.26. The third-order valence-corrected chi connectivity index (χ3v) is 6.41. The monoisotopic (exact) mass is 406 g/mol. The van der Waals surface area contributed by atoms with Gasteiger partial charge in [0, 0.05) is 18.0 Å². The molecule has 1 aliphatic rings. The second-order valence-electron chi connectivity index (χ2n) is 8.26. The van der Waals surface area contributed by atoms with Gasteiger partial charge in [-0.15, -0.1) is 0 Å². The zero-order valence-corrected chi connectivity index (χ0v) is 17.4. The number of benzene rings is 1. The molecule has 2 N–H and O–H groups in total. The van der Waals surface area contributed by atoms with Gasteiger partial charge in [-0.05, 0) is 57.9 Å². The Hall–Kier alpha value is -2.26. The molecule has 9 heteroatoms. The fourth-order valence-corrected chi connectivity index (χ4v) is 4.83. The summed E-state index contributed by atoms with van der Waals surface area (Å²) in [5.74, 6) is 0.651. The number of carbonyl (C=O) groups excluding carboxylic acids is 1. The van der Waals surface area contributed by atoms with Crippen LogP contribution in [-0.4, -0.2) is 30.0 Å². The summed E-state index contributed by atoms with van der Waals surface area (Å²) in [5, 5.41) is 7.05. The summed E-state index contributed by atoms with van der Waals surface area (Å²) in [5.41, 5.74) is -0.860. The van der Waals surface area contributed by atoms with Gasteiger partial charge in [0.15, 0.2) is 5.82 Å². The van der Waals surface area contributed by atoms with Crippen LogP contribution in [0.15, 0.2) is 33.7 Å². The van der Waals surface area contributed by atoms with Crippen LogP contribution in [0.2, 0.25) is 0 Å². The van der Waals surface area contributed by atoms with E-state index in [0.717, 1.165) is 25.7 Å². The molecule has 0 bridgehead atoms. The lowest BCUT2D eigenvalue weighted by molar-refractivity contribution is 0.0891. The maximum Gasteiger partial charge on any atom is 0.252 e. The summed E-state index contributed by atoms with van der Waals surface area (Å²) in [6, 6.07) is 5.89. The van der Waals surface area contributed by atoms with Crippen molar-refractivity contribution in [3.8, 4) is 0 Å². The van der Waals surface area contributed by atoms with Gasteiger partial charge in [-0.2, -0.15) is 4.98 Å². The van der Waals surface area contributed by atoms with Crippen molar-refractivity contribution < 1.29 is 17.7 Å². The Labute approximate surface area is 165 Å². The maximum atomic E-state index is 12.8. The van der Waals surface area contributed by atoms with Crippen LogP contribution in [0.1, 0.15) is 68.5 Å². The molecule has 3 rings (SSSR count). The second-order valence-corrected chi connectivity index (χ2v) is 9.94. The molecule has 1 aromatic carbocycles. The molecule has 28 heavy (non-hydrogen) atoms. The summed E-state index contributed by atoms with van der Waals surface area (Å²) >= 11 is 0. The lowest BCUT2D eigenvalue weighted by atomic mass is 9.96. The van der Waals surface area contributed by atoms with E-state index in [2.05, 4.69) is 20.2 Å². The molecule has 152 valence electrons. The van der Waals surface area contributed by atoms with Gasteiger partial charge in [0.2, 0.25) is 15.9 Å². The molecule has 0 aliphatic heterocycles. The average Bonchev–Trinajstić information content (AvgIpc) is 3.23. The number of hydrogen-bond acceptors (Lipinski definition) is 6. The number of hydrogen-bond donors (Lipinski definition) is 2. The predicted octanol–water partition coefficient (Wildman–Crippen LogP) is 2.65. The minimum atomic E-state index is -3.65. The topological polar surface area (TPSA) is 114 Å². The second kappa shape index (κ2) is 7.29. The molecule has 8 nitrogen and oxygen atoms in total. The fraction of sp³-hybridized carbons (Fsp3) is 0.526. The van der Waals surface area contributed by atoms with Crippen LogP contribution in [0.25, 0.3) is 0 Å². The van der Waals surface area contributed by atoms with Crippen LogP contribution >= 0.6 is 0 Å². The number of carbonyl (C=O) groups is 1. The van der Waals surface area contributed by atoms with E-state index < -0.39 is 21.1 Å². The van der Waals surface area contributed by atoms with Gasteiger partial charge in [-0.25, -0.2) is 13.1 Å². The summed E-state index contributed by atoms with van der Waals surface area (Å²) in [4.78, 5) is 17.2. The first-order chi connectivity index (χ1) is 13.0. The quantitative estimate of drug-likeness (QED) is 0.789. The van der Waals surface area contributed by atoms with Crippen LogP contribution in [-0.2, 0) is 15.6 Å². The minimum absolute atomic E-state index is 0.114. The van der Waals surface area contributed by atoms with Crippen molar-refractivity contribution in [2.45, 2.75) is 69.4 Å². The summed E-state index contributed by atoms with van der Waals surface area (Å²) < 4.78 is 32.5. The molecule has 1 amide bonds. The molecule has 2 aromatic rings. The van der Waals surface area contributed by atoms with Crippen molar-refractivity contribution in [3.63, 3.8) is 0 Å². The number of rotatable bonds is 5. The molecular formula is C19H26N4O4S. The van der Waals surface area contributed by atoms with Crippen LogP contribution < -0.4 is 10.0 Å². The van der Waals surface area contributed by atoms with Crippen molar-refractivity contribution in [1.29, 1.82) is 0 Å². The number of amides is 1. The van der Waals surface area contributed by atoms with Gasteiger partial charge in [0.25, 0.3) is 5.91 Å². The minimum Gasteiger partial charge on any atom is -0.340 e. The Morgan fingerprint density at radius 3 is 2.25 bits per heavy atom. The van der Waals surface area contributed by atoms with Crippen molar-refractivity contribution in [2.24, 2.45) is 0 Å². The van der Waals surface area contributed by atoms with Gasteiger partial charge in [0.05, 0.1) is 4.90 Å². The first kappa shape index (κ1) is 20.5. The third kappa shape index (κ3) is 4.41. The highest BCUT2D eigenvalue weighted by molar-refractivity contribution is 7.89. The van der Waals surface area contributed by atoms with Gasteiger partial charge in [0.1, 0.15) is 5.54 Å². The highest BCUT2D eigenvalue weighted by Crippen LogP contribution is 2.37. The van der Waals surface area contributed by atoms with Crippen molar-refractivity contribution >= 4 is 15.9 Å². The Morgan fingerprint density at radius 2 is 1.75 bits per heavy atom. The van der Waals surface area contributed by atoms with E-state index in [1.165, 1.54) is 24.3 Å². The number of nitrogens with zero attached hydrogens (tertiary/aromatic N) is 2. The van der Waals surface area contributed by atoms with E-state index in [0.29, 0.717) is 17.3 Å².